The minimum Gasteiger partial charge on any atom is -0.325 e. The van der Waals surface area contributed by atoms with Gasteiger partial charge in [-0.1, -0.05) is 30.3 Å². The Balaban J connectivity index is 1.95. The molecule has 3 rings (SSSR count). The number of pyridine rings is 2. The Morgan fingerprint density at radius 1 is 0.963 bits per heavy atom. The third-order valence-corrected chi connectivity index (χ3v) is 3.75. The van der Waals surface area contributed by atoms with Gasteiger partial charge in [-0.25, -0.2) is 4.79 Å². The van der Waals surface area contributed by atoms with Crippen molar-refractivity contribution in [3.05, 3.63) is 90.0 Å². The highest BCUT2D eigenvalue weighted by molar-refractivity contribution is 5.89. The Morgan fingerprint density at radius 3 is 2.37 bits per heavy atom. The molecule has 1 atom stereocenters. The highest BCUT2D eigenvalue weighted by atomic mass is 19.4. The van der Waals surface area contributed by atoms with Gasteiger partial charge in [0.2, 0.25) is 0 Å². The number of nitrogens with one attached hydrogen (secondary N) is 2. The molecule has 2 N–H and O–H groups in total. The lowest BCUT2D eigenvalue weighted by Crippen LogP contribution is -2.34. The Labute approximate surface area is 153 Å². The number of urea groups is 1. The average molecular weight is 372 g/mol. The SMILES string of the molecule is O=C(Nc1cccnc1)NC(c1ccccc1)c1ncccc1C(F)(F)F. The van der Waals surface area contributed by atoms with E-state index in [1.54, 1.807) is 48.7 Å². The van der Waals surface area contributed by atoms with Gasteiger partial charge in [0.1, 0.15) is 0 Å². The quantitative estimate of drug-likeness (QED) is 0.713. The van der Waals surface area contributed by atoms with Gasteiger partial charge in [0.15, 0.2) is 0 Å². The maximum atomic E-state index is 13.4. The number of carbonyl (C=O) groups excluding carboxylic acids is 1. The van der Waals surface area contributed by atoms with E-state index in [2.05, 4.69) is 20.6 Å². The second kappa shape index (κ2) is 7.86. The molecule has 1 aromatic carbocycles. The predicted molar refractivity (Wildman–Crippen MR) is 93.9 cm³/mol. The first kappa shape index (κ1) is 18.4. The van der Waals surface area contributed by atoms with Crippen molar-refractivity contribution in [1.29, 1.82) is 0 Å². The van der Waals surface area contributed by atoms with E-state index >= 15 is 0 Å². The number of nitrogens with zero attached hydrogens (tertiary/aromatic N) is 2. The van der Waals surface area contributed by atoms with E-state index in [0.717, 1.165) is 6.07 Å². The molecule has 0 radical (unpaired) electrons. The van der Waals surface area contributed by atoms with Gasteiger partial charge in [-0.15, -0.1) is 0 Å². The van der Waals surface area contributed by atoms with Gasteiger partial charge in [-0.05, 0) is 29.8 Å². The van der Waals surface area contributed by atoms with Crippen LogP contribution in [0.15, 0.2) is 73.2 Å². The zero-order chi connectivity index (χ0) is 19.3. The zero-order valence-corrected chi connectivity index (χ0v) is 13.9. The predicted octanol–water partition coefficient (Wildman–Crippen LogP) is 4.41. The summed E-state index contributed by atoms with van der Waals surface area (Å²) < 4.78 is 40.3. The van der Waals surface area contributed by atoms with Gasteiger partial charge in [0.05, 0.1) is 29.2 Å². The molecule has 3 aromatic rings. The lowest BCUT2D eigenvalue weighted by Gasteiger charge is -2.22. The number of hydrogen-bond acceptors (Lipinski definition) is 3. The molecule has 27 heavy (non-hydrogen) atoms. The molecule has 0 bridgehead atoms. The standard InChI is InChI=1S/C19H15F3N4O/c20-19(21,22)15-9-5-11-24-17(15)16(13-6-2-1-3-7-13)26-18(27)25-14-8-4-10-23-12-14/h1-12,16H,(H2,25,26,27). The number of amides is 2. The van der Waals surface area contributed by atoms with Crippen molar-refractivity contribution in [2.75, 3.05) is 5.32 Å². The molecule has 0 saturated heterocycles. The number of anilines is 1. The van der Waals surface area contributed by atoms with Crippen molar-refractivity contribution in [3.8, 4) is 0 Å². The fourth-order valence-corrected chi connectivity index (χ4v) is 2.58. The van der Waals surface area contributed by atoms with Gasteiger partial charge >= 0.3 is 12.2 Å². The molecule has 2 amide bonds. The number of alkyl halides is 3. The van der Waals surface area contributed by atoms with E-state index in [1.807, 2.05) is 0 Å². The number of hydrogen-bond donors (Lipinski definition) is 2. The molecule has 0 aliphatic heterocycles. The van der Waals surface area contributed by atoms with Crippen molar-refractivity contribution >= 4 is 11.7 Å². The van der Waals surface area contributed by atoms with Crippen molar-refractivity contribution < 1.29 is 18.0 Å². The summed E-state index contributed by atoms with van der Waals surface area (Å²) in [4.78, 5) is 20.2. The van der Waals surface area contributed by atoms with Gasteiger partial charge < -0.3 is 10.6 Å². The van der Waals surface area contributed by atoms with Crippen molar-refractivity contribution in [2.24, 2.45) is 0 Å². The van der Waals surface area contributed by atoms with Gasteiger partial charge in [0.25, 0.3) is 0 Å². The summed E-state index contributed by atoms with van der Waals surface area (Å²) >= 11 is 0. The van der Waals surface area contributed by atoms with Crippen LogP contribution in [-0.2, 0) is 6.18 Å². The molecular formula is C19H15F3N4O. The summed E-state index contributed by atoms with van der Waals surface area (Å²) in [7, 11) is 0. The van der Waals surface area contributed by atoms with Gasteiger partial charge in [0, 0.05) is 12.4 Å². The van der Waals surface area contributed by atoms with Crippen molar-refractivity contribution in [1.82, 2.24) is 15.3 Å². The lowest BCUT2D eigenvalue weighted by atomic mass is 9.99. The van der Waals surface area contributed by atoms with Crippen LogP contribution in [0, 0.1) is 0 Å². The highest BCUT2D eigenvalue weighted by Gasteiger charge is 2.36. The molecule has 0 fully saturated rings. The molecule has 0 saturated carbocycles. The molecule has 0 aliphatic carbocycles. The number of benzene rings is 1. The summed E-state index contributed by atoms with van der Waals surface area (Å²) in [6, 6.07) is 12.0. The van der Waals surface area contributed by atoms with E-state index in [4.69, 9.17) is 0 Å². The Morgan fingerprint density at radius 2 is 1.70 bits per heavy atom. The van der Waals surface area contributed by atoms with E-state index in [1.165, 1.54) is 18.5 Å². The molecular weight excluding hydrogens is 357 g/mol. The number of aromatic nitrogens is 2. The maximum Gasteiger partial charge on any atom is 0.418 e. The van der Waals surface area contributed by atoms with E-state index in [-0.39, 0.29) is 5.69 Å². The number of rotatable bonds is 4. The molecule has 2 aromatic heterocycles. The first-order valence-corrected chi connectivity index (χ1v) is 8.00. The Kier molecular flexibility index (Phi) is 5.35. The van der Waals surface area contributed by atoms with E-state index in [0.29, 0.717) is 11.3 Å². The molecule has 138 valence electrons. The van der Waals surface area contributed by atoms with Crippen molar-refractivity contribution in [3.63, 3.8) is 0 Å². The molecule has 2 heterocycles. The minimum atomic E-state index is -4.60. The summed E-state index contributed by atoms with van der Waals surface area (Å²) in [6.07, 6.45) is -0.363. The van der Waals surface area contributed by atoms with Crippen LogP contribution in [0.1, 0.15) is 22.9 Å². The maximum absolute atomic E-state index is 13.4. The third-order valence-electron chi connectivity index (χ3n) is 3.75. The van der Waals surface area contributed by atoms with Crippen LogP contribution in [0.4, 0.5) is 23.7 Å². The first-order chi connectivity index (χ1) is 12.9. The Bertz CT molecular complexity index is 902. The number of carbonyl (C=O) groups is 1. The summed E-state index contributed by atoms with van der Waals surface area (Å²) in [5.74, 6) is 0. The van der Waals surface area contributed by atoms with E-state index in [9.17, 15) is 18.0 Å². The van der Waals surface area contributed by atoms with Crippen LogP contribution in [0.25, 0.3) is 0 Å². The molecule has 0 spiro atoms. The normalized spacial score (nSPS) is 12.3. The second-order valence-electron chi connectivity index (χ2n) is 5.62. The monoisotopic (exact) mass is 372 g/mol. The smallest absolute Gasteiger partial charge is 0.325 e. The average Bonchev–Trinajstić information content (AvgIpc) is 2.67. The molecule has 0 aliphatic rings. The van der Waals surface area contributed by atoms with Gasteiger partial charge in [-0.3, -0.25) is 9.97 Å². The molecule has 1 unspecified atom stereocenters. The fraction of sp³-hybridized carbons (Fsp3) is 0.105. The topological polar surface area (TPSA) is 66.9 Å². The first-order valence-electron chi connectivity index (χ1n) is 8.00. The van der Waals surface area contributed by atoms with Crippen LogP contribution < -0.4 is 10.6 Å². The zero-order valence-electron chi connectivity index (χ0n) is 13.9. The fourth-order valence-electron chi connectivity index (χ4n) is 2.58. The highest BCUT2D eigenvalue weighted by Crippen LogP contribution is 2.35. The molecule has 8 heteroatoms. The minimum absolute atomic E-state index is 0.280. The summed E-state index contributed by atoms with van der Waals surface area (Å²) in [5, 5.41) is 5.12. The van der Waals surface area contributed by atoms with Crippen LogP contribution >= 0.6 is 0 Å². The van der Waals surface area contributed by atoms with Crippen LogP contribution in [0.5, 0.6) is 0 Å². The van der Waals surface area contributed by atoms with Crippen molar-refractivity contribution in [2.45, 2.75) is 12.2 Å². The largest absolute Gasteiger partial charge is 0.418 e. The van der Waals surface area contributed by atoms with Crippen LogP contribution in [-0.4, -0.2) is 16.0 Å². The summed E-state index contributed by atoms with van der Waals surface area (Å²) in [6.45, 7) is 0. The number of halogens is 3. The van der Waals surface area contributed by atoms with Crippen LogP contribution in [0.3, 0.4) is 0 Å². The van der Waals surface area contributed by atoms with Crippen LogP contribution in [0.2, 0.25) is 0 Å². The van der Waals surface area contributed by atoms with Gasteiger partial charge in [-0.2, -0.15) is 13.2 Å². The summed E-state index contributed by atoms with van der Waals surface area (Å²) in [5.41, 5.74) is -0.292. The van der Waals surface area contributed by atoms with E-state index < -0.39 is 23.8 Å². The second-order valence-corrected chi connectivity index (χ2v) is 5.62. The Hall–Kier alpha value is -3.42. The third kappa shape index (κ3) is 4.60. The lowest BCUT2D eigenvalue weighted by molar-refractivity contribution is -0.138. The molecule has 5 nitrogen and oxygen atoms in total.